The molecule has 2 unspecified atom stereocenters. The molecule has 0 radical (unpaired) electrons. The van der Waals surface area contributed by atoms with E-state index in [9.17, 15) is 4.79 Å². The minimum atomic E-state index is 0.330. The van der Waals surface area contributed by atoms with Gasteiger partial charge >= 0.3 is 0 Å². The van der Waals surface area contributed by atoms with Gasteiger partial charge in [0.05, 0.1) is 0 Å². The van der Waals surface area contributed by atoms with Crippen LogP contribution in [-0.2, 0) is 4.79 Å². The van der Waals surface area contributed by atoms with Gasteiger partial charge in [-0.2, -0.15) is 0 Å². The molecule has 0 aromatic rings. The molecule has 0 N–H and O–H groups in total. The van der Waals surface area contributed by atoms with Gasteiger partial charge in [0.15, 0.2) is 0 Å². The van der Waals surface area contributed by atoms with Crippen molar-refractivity contribution in [2.45, 2.75) is 53.4 Å². The number of nitrogens with zero attached hydrogens (tertiary/aromatic N) is 1. The second-order valence-electron chi connectivity index (χ2n) is 7.41. The van der Waals surface area contributed by atoms with E-state index in [1.807, 2.05) is 0 Å². The van der Waals surface area contributed by atoms with Crippen LogP contribution in [0.5, 0.6) is 0 Å². The molecule has 118 valence electrons. The molecule has 0 aromatic carbocycles. The summed E-state index contributed by atoms with van der Waals surface area (Å²) in [5.74, 6) is 2.52. The summed E-state index contributed by atoms with van der Waals surface area (Å²) >= 11 is 0. The highest BCUT2D eigenvalue weighted by molar-refractivity contribution is 5.81. The van der Waals surface area contributed by atoms with Crippen molar-refractivity contribution >= 4 is 5.91 Å². The van der Waals surface area contributed by atoms with Gasteiger partial charge in [-0.15, -0.1) is 0 Å². The summed E-state index contributed by atoms with van der Waals surface area (Å²) in [7, 11) is 0. The molecule has 0 aromatic heterocycles. The Morgan fingerprint density at radius 2 is 2.10 bits per heavy atom. The first kappa shape index (κ1) is 16.3. The van der Waals surface area contributed by atoms with Crippen LogP contribution >= 0.6 is 0 Å². The van der Waals surface area contributed by atoms with Crippen molar-refractivity contribution in [1.29, 1.82) is 0 Å². The van der Waals surface area contributed by atoms with Crippen LogP contribution in [0.25, 0.3) is 0 Å². The van der Waals surface area contributed by atoms with Gasteiger partial charge in [-0.1, -0.05) is 44.6 Å². The molecule has 0 heterocycles. The molecule has 0 aliphatic heterocycles. The molecule has 1 fully saturated rings. The first-order chi connectivity index (χ1) is 9.97. The van der Waals surface area contributed by atoms with Gasteiger partial charge in [0, 0.05) is 19.0 Å². The van der Waals surface area contributed by atoms with Gasteiger partial charge in [-0.05, 0) is 50.4 Å². The van der Waals surface area contributed by atoms with E-state index >= 15 is 0 Å². The first-order valence-corrected chi connectivity index (χ1v) is 8.60. The summed E-state index contributed by atoms with van der Waals surface area (Å²) in [4.78, 5) is 14.4. The molecular weight excluding hydrogens is 258 g/mol. The Balaban J connectivity index is 1.88. The Kier molecular flexibility index (Phi) is 5.66. The Bertz CT molecular complexity index is 417. The topological polar surface area (TPSA) is 20.3 Å². The first-order valence-electron chi connectivity index (χ1n) is 8.60. The van der Waals surface area contributed by atoms with E-state index in [0.29, 0.717) is 29.6 Å². The third-order valence-electron chi connectivity index (χ3n) is 4.63. The van der Waals surface area contributed by atoms with E-state index in [1.165, 1.54) is 18.4 Å². The van der Waals surface area contributed by atoms with Crippen molar-refractivity contribution in [3.63, 3.8) is 0 Å². The SMILES string of the molecule is CC1=CC(C)C(/C=C\CN(CC(C)C)C(=O)C2CC2)CC1. The maximum atomic E-state index is 12.3. The second-order valence-corrected chi connectivity index (χ2v) is 7.41. The molecule has 2 aliphatic carbocycles. The summed E-state index contributed by atoms with van der Waals surface area (Å²) in [6.07, 6.45) is 11.7. The van der Waals surface area contributed by atoms with Crippen LogP contribution in [0.4, 0.5) is 0 Å². The van der Waals surface area contributed by atoms with Gasteiger partial charge in [0.1, 0.15) is 0 Å². The van der Waals surface area contributed by atoms with Crippen LogP contribution in [0.15, 0.2) is 23.8 Å². The van der Waals surface area contributed by atoms with Crippen molar-refractivity contribution in [3.05, 3.63) is 23.8 Å². The van der Waals surface area contributed by atoms with E-state index in [0.717, 1.165) is 25.9 Å². The smallest absolute Gasteiger partial charge is 0.225 e. The standard InChI is InChI=1S/C19H31NO/c1-14(2)13-20(19(21)18-9-10-18)11-5-6-17-8-7-15(3)12-16(17)4/h5-6,12,14,16-18H,7-11,13H2,1-4H3/b6-5-. The second kappa shape index (κ2) is 7.29. The van der Waals surface area contributed by atoms with Crippen LogP contribution in [-0.4, -0.2) is 23.9 Å². The summed E-state index contributed by atoms with van der Waals surface area (Å²) < 4.78 is 0. The van der Waals surface area contributed by atoms with Gasteiger partial charge in [0.25, 0.3) is 0 Å². The molecule has 1 amide bonds. The number of hydrogen-bond donors (Lipinski definition) is 0. The fourth-order valence-electron chi connectivity index (χ4n) is 3.23. The number of hydrogen-bond acceptors (Lipinski definition) is 1. The molecule has 0 spiro atoms. The average Bonchev–Trinajstić information content (AvgIpc) is 3.23. The molecule has 0 bridgehead atoms. The Labute approximate surface area is 130 Å². The summed E-state index contributed by atoms with van der Waals surface area (Å²) in [6.45, 7) is 10.6. The van der Waals surface area contributed by atoms with Crippen molar-refractivity contribution < 1.29 is 4.79 Å². The quantitative estimate of drug-likeness (QED) is 0.662. The zero-order valence-electron chi connectivity index (χ0n) is 14.1. The molecule has 0 saturated heterocycles. The van der Waals surface area contributed by atoms with Gasteiger partial charge in [0.2, 0.25) is 5.91 Å². The normalized spacial score (nSPS) is 26.2. The molecule has 2 aliphatic rings. The van der Waals surface area contributed by atoms with Crippen LogP contribution in [0, 0.1) is 23.7 Å². The minimum Gasteiger partial charge on any atom is -0.338 e. The number of carbonyl (C=O) groups excluding carboxylic acids is 1. The van der Waals surface area contributed by atoms with E-state index in [4.69, 9.17) is 0 Å². The number of carbonyl (C=O) groups is 1. The molecule has 1 saturated carbocycles. The zero-order valence-corrected chi connectivity index (χ0v) is 14.1. The lowest BCUT2D eigenvalue weighted by atomic mass is 9.82. The Morgan fingerprint density at radius 1 is 1.38 bits per heavy atom. The lowest BCUT2D eigenvalue weighted by Gasteiger charge is -2.26. The summed E-state index contributed by atoms with van der Waals surface area (Å²) in [6, 6.07) is 0. The molecule has 21 heavy (non-hydrogen) atoms. The molecule has 2 rings (SSSR count). The Hall–Kier alpha value is -1.05. The fraction of sp³-hybridized carbons (Fsp3) is 0.737. The molecule has 2 nitrogen and oxygen atoms in total. The summed E-state index contributed by atoms with van der Waals surface area (Å²) in [5.41, 5.74) is 1.53. The lowest BCUT2D eigenvalue weighted by molar-refractivity contribution is -0.132. The van der Waals surface area contributed by atoms with Crippen molar-refractivity contribution in [2.24, 2.45) is 23.7 Å². The highest BCUT2D eigenvalue weighted by atomic mass is 16.2. The predicted molar refractivity (Wildman–Crippen MR) is 88.9 cm³/mol. The molecule has 2 atom stereocenters. The van der Waals surface area contributed by atoms with Crippen LogP contribution in [0.1, 0.15) is 53.4 Å². The predicted octanol–water partition coefficient (Wildman–Crippen LogP) is 4.43. The maximum Gasteiger partial charge on any atom is 0.225 e. The fourth-order valence-corrected chi connectivity index (χ4v) is 3.23. The van der Waals surface area contributed by atoms with Gasteiger partial charge in [-0.25, -0.2) is 0 Å². The number of amides is 1. The Morgan fingerprint density at radius 3 is 2.67 bits per heavy atom. The molecular formula is C19H31NO. The molecule has 2 heteroatoms. The average molecular weight is 289 g/mol. The largest absolute Gasteiger partial charge is 0.338 e. The van der Waals surface area contributed by atoms with E-state index in [1.54, 1.807) is 0 Å². The highest BCUT2D eigenvalue weighted by Gasteiger charge is 2.33. The van der Waals surface area contributed by atoms with E-state index < -0.39 is 0 Å². The minimum absolute atomic E-state index is 0.330. The van der Waals surface area contributed by atoms with Crippen molar-refractivity contribution in [1.82, 2.24) is 4.90 Å². The lowest BCUT2D eigenvalue weighted by Crippen LogP contribution is -2.35. The van der Waals surface area contributed by atoms with Gasteiger partial charge < -0.3 is 4.90 Å². The van der Waals surface area contributed by atoms with Crippen molar-refractivity contribution in [2.75, 3.05) is 13.1 Å². The van der Waals surface area contributed by atoms with Gasteiger partial charge in [-0.3, -0.25) is 4.79 Å². The maximum absolute atomic E-state index is 12.3. The van der Waals surface area contributed by atoms with Crippen LogP contribution in [0.2, 0.25) is 0 Å². The summed E-state index contributed by atoms with van der Waals surface area (Å²) in [5, 5.41) is 0. The highest BCUT2D eigenvalue weighted by Crippen LogP contribution is 2.32. The third kappa shape index (κ3) is 5.01. The zero-order chi connectivity index (χ0) is 15.4. The van der Waals surface area contributed by atoms with Crippen LogP contribution in [0.3, 0.4) is 0 Å². The monoisotopic (exact) mass is 289 g/mol. The third-order valence-corrected chi connectivity index (χ3v) is 4.63. The van der Waals surface area contributed by atoms with E-state index in [2.05, 4.69) is 50.8 Å². The van der Waals surface area contributed by atoms with Crippen LogP contribution < -0.4 is 0 Å². The van der Waals surface area contributed by atoms with Crippen molar-refractivity contribution in [3.8, 4) is 0 Å². The van der Waals surface area contributed by atoms with E-state index in [-0.39, 0.29) is 0 Å². The number of rotatable bonds is 6. The number of allylic oxidation sites excluding steroid dienone is 3.